The Kier molecular flexibility index (Phi) is 5.09. The lowest BCUT2D eigenvalue weighted by atomic mass is 10.0. The van der Waals surface area contributed by atoms with Crippen LogP contribution in [0.2, 0.25) is 0 Å². The van der Waals surface area contributed by atoms with Gasteiger partial charge in [-0.25, -0.2) is 0 Å². The van der Waals surface area contributed by atoms with E-state index in [0.717, 1.165) is 30.8 Å². The van der Waals surface area contributed by atoms with Crippen molar-refractivity contribution >= 4 is 5.91 Å². The van der Waals surface area contributed by atoms with Crippen molar-refractivity contribution in [3.63, 3.8) is 0 Å². The van der Waals surface area contributed by atoms with E-state index in [9.17, 15) is 4.79 Å². The number of likely N-dealkylation sites (tertiary alicyclic amines) is 1. The molecule has 1 aliphatic rings. The lowest BCUT2D eigenvalue weighted by Gasteiger charge is -2.25. The molecule has 3 rings (SSSR count). The molecule has 3 nitrogen and oxygen atoms in total. The Morgan fingerprint density at radius 3 is 2.39 bits per heavy atom. The molecule has 0 spiro atoms. The summed E-state index contributed by atoms with van der Waals surface area (Å²) in [5, 5.41) is 3.24. The lowest BCUT2D eigenvalue weighted by molar-refractivity contribution is 0.0926. The highest BCUT2D eigenvalue weighted by atomic mass is 16.1. The molecule has 3 heteroatoms. The molecule has 0 saturated carbocycles. The molecule has 23 heavy (non-hydrogen) atoms. The number of carbonyl (C=O) groups excluding carboxylic acids is 1. The second-order valence-corrected chi connectivity index (χ2v) is 6.26. The quantitative estimate of drug-likeness (QED) is 0.916. The van der Waals surface area contributed by atoms with Gasteiger partial charge >= 0.3 is 0 Å². The van der Waals surface area contributed by atoms with Crippen LogP contribution in [0.5, 0.6) is 0 Å². The Labute approximate surface area is 138 Å². The Morgan fingerprint density at radius 1 is 1.04 bits per heavy atom. The number of hydrogen-bond donors (Lipinski definition) is 1. The van der Waals surface area contributed by atoms with Crippen LogP contribution in [0, 0.1) is 6.92 Å². The van der Waals surface area contributed by atoms with Gasteiger partial charge < -0.3 is 10.2 Å². The molecule has 1 heterocycles. The third kappa shape index (κ3) is 3.99. The third-order valence-corrected chi connectivity index (χ3v) is 4.54. The molecule has 0 aliphatic carbocycles. The minimum Gasteiger partial charge on any atom is -0.344 e. The lowest BCUT2D eigenvalue weighted by Crippen LogP contribution is -2.37. The van der Waals surface area contributed by atoms with E-state index in [-0.39, 0.29) is 11.9 Å². The highest BCUT2D eigenvalue weighted by Gasteiger charge is 2.21. The topological polar surface area (TPSA) is 32.3 Å². The first kappa shape index (κ1) is 15.8. The van der Waals surface area contributed by atoms with Crippen molar-refractivity contribution in [3.05, 3.63) is 71.3 Å². The molecular formula is C20H24N2O. The van der Waals surface area contributed by atoms with Crippen molar-refractivity contribution in [1.29, 1.82) is 0 Å². The van der Waals surface area contributed by atoms with Crippen LogP contribution in [0.25, 0.3) is 0 Å². The van der Waals surface area contributed by atoms with Gasteiger partial charge in [0.05, 0.1) is 6.04 Å². The van der Waals surface area contributed by atoms with Gasteiger partial charge in [0.25, 0.3) is 5.91 Å². The number of carbonyl (C=O) groups is 1. The molecule has 120 valence electrons. The van der Waals surface area contributed by atoms with Gasteiger partial charge in [-0.05, 0) is 50.0 Å². The van der Waals surface area contributed by atoms with Crippen LogP contribution in [0.15, 0.2) is 54.6 Å². The van der Waals surface area contributed by atoms with Crippen molar-refractivity contribution in [2.75, 3.05) is 19.6 Å². The van der Waals surface area contributed by atoms with Crippen LogP contribution in [0.1, 0.15) is 40.4 Å². The molecule has 1 atom stereocenters. The highest BCUT2D eigenvalue weighted by Crippen LogP contribution is 2.19. The first-order valence-corrected chi connectivity index (χ1v) is 8.38. The van der Waals surface area contributed by atoms with E-state index in [0.29, 0.717) is 0 Å². The van der Waals surface area contributed by atoms with Crippen LogP contribution in [-0.2, 0) is 0 Å². The van der Waals surface area contributed by atoms with Crippen molar-refractivity contribution in [1.82, 2.24) is 10.2 Å². The first-order chi connectivity index (χ1) is 11.2. The van der Waals surface area contributed by atoms with Crippen molar-refractivity contribution in [2.24, 2.45) is 0 Å². The second kappa shape index (κ2) is 7.42. The van der Waals surface area contributed by atoms with Crippen molar-refractivity contribution in [2.45, 2.75) is 25.8 Å². The number of aryl methyl sites for hydroxylation is 1. The van der Waals surface area contributed by atoms with Gasteiger partial charge in [-0.15, -0.1) is 0 Å². The van der Waals surface area contributed by atoms with E-state index in [4.69, 9.17) is 0 Å². The Morgan fingerprint density at radius 2 is 1.70 bits per heavy atom. The van der Waals surface area contributed by atoms with E-state index in [2.05, 4.69) is 22.3 Å². The van der Waals surface area contributed by atoms with E-state index >= 15 is 0 Å². The summed E-state index contributed by atoms with van der Waals surface area (Å²) in [6.45, 7) is 5.11. The zero-order valence-corrected chi connectivity index (χ0v) is 13.7. The Bertz CT molecular complexity index is 648. The highest BCUT2D eigenvalue weighted by molar-refractivity contribution is 5.95. The van der Waals surface area contributed by atoms with E-state index in [1.54, 1.807) is 0 Å². The van der Waals surface area contributed by atoms with Gasteiger partial charge in [-0.1, -0.05) is 48.5 Å². The number of hydrogen-bond acceptors (Lipinski definition) is 2. The molecule has 2 aromatic rings. The van der Waals surface area contributed by atoms with Gasteiger partial charge in [0.2, 0.25) is 0 Å². The van der Waals surface area contributed by atoms with Crippen molar-refractivity contribution < 1.29 is 4.79 Å². The maximum absolute atomic E-state index is 12.7. The largest absolute Gasteiger partial charge is 0.344 e. The summed E-state index contributed by atoms with van der Waals surface area (Å²) in [5.41, 5.74) is 2.94. The second-order valence-electron chi connectivity index (χ2n) is 6.26. The van der Waals surface area contributed by atoms with Gasteiger partial charge in [-0.3, -0.25) is 4.79 Å². The number of rotatable bonds is 5. The summed E-state index contributed by atoms with van der Waals surface area (Å²) in [6, 6.07) is 18.1. The summed E-state index contributed by atoms with van der Waals surface area (Å²) >= 11 is 0. The fraction of sp³-hybridized carbons (Fsp3) is 0.350. The molecule has 1 N–H and O–H groups in total. The summed E-state index contributed by atoms with van der Waals surface area (Å²) in [7, 11) is 0. The van der Waals surface area contributed by atoms with Crippen LogP contribution in [-0.4, -0.2) is 30.4 Å². The van der Waals surface area contributed by atoms with Crippen LogP contribution >= 0.6 is 0 Å². The van der Waals surface area contributed by atoms with Crippen LogP contribution < -0.4 is 5.32 Å². The average Bonchev–Trinajstić information content (AvgIpc) is 3.08. The molecule has 1 fully saturated rings. The van der Waals surface area contributed by atoms with E-state index < -0.39 is 0 Å². The van der Waals surface area contributed by atoms with Gasteiger partial charge in [0.15, 0.2) is 0 Å². The maximum atomic E-state index is 12.7. The molecule has 1 saturated heterocycles. The zero-order valence-electron chi connectivity index (χ0n) is 13.7. The van der Waals surface area contributed by atoms with Crippen LogP contribution in [0.4, 0.5) is 0 Å². The molecule has 0 bridgehead atoms. The predicted octanol–water partition coefficient (Wildman–Crippen LogP) is 3.56. The molecule has 1 unspecified atom stereocenters. The SMILES string of the molecule is Cc1ccccc1C(=O)NC(CN1CCCC1)c1ccccc1. The van der Waals surface area contributed by atoms with Gasteiger partial charge in [-0.2, -0.15) is 0 Å². The molecular weight excluding hydrogens is 284 g/mol. The van der Waals surface area contributed by atoms with Crippen molar-refractivity contribution in [3.8, 4) is 0 Å². The Hall–Kier alpha value is -2.13. The van der Waals surface area contributed by atoms with E-state index in [1.807, 2.05) is 49.4 Å². The summed E-state index contributed by atoms with van der Waals surface area (Å²) < 4.78 is 0. The fourth-order valence-electron chi connectivity index (χ4n) is 3.21. The number of amides is 1. The maximum Gasteiger partial charge on any atom is 0.252 e. The number of nitrogens with one attached hydrogen (secondary N) is 1. The van der Waals surface area contributed by atoms with E-state index in [1.165, 1.54) is 18.4 Å². The van der Waals surface area contributed by atoms with Gasteiger partial charge in [0, 0.05) is 12.1 Å². The summed E-state index contributed by atoms with van der Waals surface area (Å²) in [4.78, 5) is 15.1. The molecule has 1 amide bonds. The third-order valence-electron chi connectivity index (χ3n) is 4.54. The number of nitrogens with zero attached hydrogens (tertiary/aromatic N) is 1. The summed E-state index contributed by atoms with van der Waals surface area (Å²) in [6.07, 6.45) is 2.51. The average molecular weight is 308 g/mol. The van der Waals surface area contributed by atoms with Gasteiger partial charge in [0.1, 0.15) is 0 Å². The Balaban J connectivity index is 1.78. The fourth-order valence-corrected chi connectivity index (χ4v) is 3.21. The molecule has 2 aromatic carbocycles. The molecule has 0 radical (unpaired) electrons. The minimum absolute atomic E-state index is 0.0103. The first-order valence-electron chi connectivity index (χ1n) is 8.38. The van der Waals surface area contributed by atoms with Crippen LogP contribution in [0.3, 0.4) is 0 Å². The molecule has 1 aliphatic heterocycles. The normalized spacial score (nSPS) is 16.2. The molecule has 0 aromatic heterocycles. The zero-order chi connectivity index (χ0) is 16.1. The minimum atomic E-state index is 0.0103. The number of benzene rings is 2. The summed E-state index contributed by atoms with van der Waals surface area (Å²) in [5.74, 6) is 0.0103. The smallest absolute Gasteiger partial charge is 0.252 e. The predicted molar refractivity (Wildman–Crippen MR) is 93.5 cm³/mol. The standard InChI is InChI=1S/C20H24N2O/c1-16-9-5-6-12-18(16)20(23)21-19(15-22-13-7-8-14-22)17-10-3-2-4-11-17/h2-6,9-12,19H,7-8,13-15H2,1H3,(H,21,23). The monoisotopic (exact) mass is 308 g/mol.